The molecule has 3 aliphatic rings. The van der Waals surface area contributed by atoms with E-state index in [1.54, 1.807) is 12.3 Å². The molecule has 1 atom stereocenters. The van der Waals surface area contributed by atoms with Gasteiger partial charge in [0.05, 0.1) is 23.3 Å². The molecule has 14 heteroatoms. The molecule has 3 amide bonds. The minimum absolute atomic E-state index is 0.203. The molecule has 0 bridgehead atoms. The number of amides is 3. The van der Waals surface area contributed by atoms with E-state index in [9.17, 15) is 14.4 Å². The highest BCUT2D eigenvalue weighted by atomic mass is 16.5. The van der Waals surface area contributed by atoms with E-state index in [1.165, 1.54) is 6.33 Å². The van der Waals surface area contributed by atoms with Crippen LogP contribution in [0, 0.1) is 5.92 Å². The highest BCUT2D eigenvalue weighted by molar-refractivity contribution is 6.03. The van der Waals surface area contributed by atoms with Gasteiger partial charge in [-0.25, -0.2) is 19.6 Å². The maximum Gasteiger partial charge on any atom is 0.270 e. The number of aromatic nitrogens is 5. The highest BCUT2D eigenvalue weighted by Gasteiger charge is 2.30. The van der Waals surface area contributed by atoms with Crippen molar-refractivity contribution in [3.05, 3.63) is 84.9 Å². The molecule has 8 rings (SSSR count). The zero-order valence-electron chi connectivity index (χ0n) is 29.4. The lowest BCUT2D eigenvalue weighted by Gasteiger charge is -2.39. The largest absolute Gasteiger partial charge is 0.457 e. The molecular weight excluding hydrogens is 672 g/mol. The predicted molar refractivity (Wildman–Crippen MR) is 199 cm³/mol. The Hall–Kier alpha value is -5.89. The summed E-state index contributed by atoms with van der Waals surface area (Å²) in [7, 11) is 0. The van der Waals surface area contributed by atoms with E-state index in [0.717, 1.165) is 97.9 Å². The summed E-state index contributed by atoms with van der Waals surface area (Å²) in [6.45, 7) is 4.73. The van der Waals surface area contributed by atoms with Crippen LogP contribution in [0.3, 0.4) is 0 Å². The van der Waals surface area contributed by atoms with E-state index in [4.69, 9.17) is 15.6 Å². The molecule has 4 N–H and O–H groups in total. The Morgan fingerprint density at radius 2 is 1.62 bits per heavy atom. The number of hydrogen-bond acceptors (Lipinski definition) is 11. The molecule has 2 aromatic carbocycles. The summed E-state index contributed by atoms with van der Waals surface area (Å²) < 4.78 is 8.07. The van der Waals surface area contributed by atoms with Gasteiger partial charge in [0.15, 0.2) is 5.65 Å². The van der Waals surface area contributed by atoms with Crippen LogP contribution in [0.4, 0.5) is 11.5 Å². The van der Waals surface area contributed by atoms with Gasteiger partial charge in [-0.05, 0) is 86.6 Å². The summed E-state index contributed by atoms with van der Waals surface area (Å²) in [5, 5.41) is 10.8. The number of nitrogens with one attached hydrogen (secondary N) is 2. The number of ether oxygens (including phenoxy) is 1. The number of imide groups is 1. The zero-order chi connectivity index (χ0) is 36.3. The Bertz CT molecular complexity index is 2090. The Balaban J connectivity index is 0.841. The molecule has 5 aromatic rings. The number of nitrogens with two attached hydrogens (primary N) is 1. The smallest absolute Gasteiger partial charge is 0.270 e. The van der Waals surface area contributed by atoms with E-state index in [-0.39, 0.29) is 30.5 Å². The second-order valence-electron chi connectivity index (χ2n) is 14.0. The van der Waals surface area contributed by atoms with Crippen LogP contribution in [-0.2, 0) is 9.59 Å². The lowest BCUT2D eigenvalue weighted by molar-refractivity contribution is -0.134. The molecule has 1 saturated carbocycles. The molecule has 2 aliphatic heterocycles. The number of rotatable bonds is 9. The van der Waals surface area contributed by atoms with E-state index in [0.29, 0.717) is 11.7 Å². The van der Waals surface area contributed by atoms with Crippen LogP contribution in [-0.4, -0.2) is 86.1 Å². The number of anilines is 2. The summed E-state index contributed by atoms with van der Waals surface area (Å²) in [4.78, 5) is 54.2. The predicted octanol–water partition coefficient (Wildman–Crippen LogP) is 4.35. The minimum Gasteiger partial charge on any atom is -0.457 e. The van der Waals surface area contributed by atoms with E-state index >= 15 is 0 Å². The number of nitrogen functional groups attached to an aromatic ring is 1. The summed E-state index contributed by atoms with van der Waals surface area (Å²) >= 11 is 0. The van der Waals surface area contributed by atoms with Crippen LogP contribution in [0.5, 0.6) is 11.5 Å². The summed E-state index contributed by atoms with van der Waals surface area (Å²) in [5.41, 5.74) is 10.1. The number of carbonyl (C=O) groups excluding carboxylic acids is 3. The van der Waals surface area contributed by atoms with Gasteiger partial charge in [0.1, 0.15) is 41.1 Å². The first-order valence-corrected chi connectivity index (χ1v) is 18.3. The maximum absolute atomic E-state index is 12.7. The van der Waals surface area contributed by atoms with Gasteiger partial charge >= 0.3 is 0 Å². The van der Waals surface area contributed by atoms with Gasteiger partial charge in [-0.3, -0.25) is 24.6 Å². The third-order valence-electron chi connectivity index (χ3n) is 10.6. The Kier molecular flexibility index (Phi) is 9.68. The van der Waals surface area contributed by atoms with Gasteiger partial charge < -0.3 is 20.7 Å². The van der Waals surface area contributed by atoms with Crippen molar-refractivity contribution < 1.29 is 19.1 Å². The standard InChI is InChI=1S/C39H42N10O4/c40-36-34-35(26-8-13-30(14-9-26)53-29-4-2-1-3-5-29)46-49(37(34)43-24-42-36)27-10-6-25(7-11-27)23-47-18-20-48(21-19-47)28-12-15-31(41-22-28)38(51)44-32-16-17-33(50)45-39(32)52/h1-5,8-9,12-15,22,24-25,27,32H,6-7,10-11,16-21,23H2,(H,44,51)(H2,40,42,43)(H,45,50,52). The van der Waals surface area contributed by atoms with Gasteiger partial charge in [0.2, 0.25) is 11.8 Å². The fourth-order valence-corrected chi connectivity index (χ4v) is 7.65. The minimum atomic E-state index is -0.729. The lowest BCUT2D eigenvalue weighted by Crippen LogP contribution is -2.52. The second-order valence-corrected chi connectivity index (χ2v) is 14.0. The van der Waals surface area contributed by atoms with Crippen LogP contribution >= 0.6 is 0 Å². The lowest BCUT2D eigenvalue weighted by atomic mass is 9.85. The first kappa shape index (κ1) is 34.2. The van der Waals surface area contributed by atoms with Crippen LogP contribution in [0.2, 0.25) is 0 Å². The van der Waals surface area contributed by atoms with Crippen molar-refractivity contribution in [3.8, 4) is 22.8 Å². The maximum atomic E-state index is 12.7. The van der Waals surface area contributed by atoms with Crippen molar-refractivity contribution in [2.45, 2.75) is 50.6 Å². The number of piperazine rings is 1. The van der Waals surface area contributed by atoms with Gasteiger partial charge in [-0.1, -0.05) is 18.2 Å². The fraction of sp³-hybridized carbons (Fsp3) is 0.359. The SMILES string of the molecule is Nc1ncnc2c1c(-c1ccc(Oc3ccccc3)cc1)nn2C1CCC(CN2CCN(c3ccc(C(=O)NC4CCC(=O)NC4=O)nc3)CC2)CC1. The molecule has 53 heavy (non-hydrogen) atoms. The van der Waals surface area contributed by atoms with Crippen molar-refractivity contribution in [3.63, 3.8) is 0 Å². The Morgan fingerprint density at radius 1 is 0.868 bits per heavy atom. The van der Waals surface area contributed by atoms with Gasteiger partial charge in [0, 0.05) is 44.7 Å². The molecule has 3 fully saturated rings. The van der Waals surface area contributed by atoms with Crippen molar-refractivity contribution in [1.82, 2.24) is 40.3 Å². The molecule has 0 radical (unpaired) electrons. The molecule has 3 aromatic heterocycles. The quantitative estimate of drug-likeness (QED) is 0.185. The topological polar surface area (TPSA) is 173 Å². The van der Waals surface area contributed by atoms with Crippen molar-refractivity contribution >= 4 is 40.3 Å². The molecule has 1 aliphatic carbocycles. The normalized spacial score (nSPS) is 21.0. The molecule has 14 nitrogen and oxygen atoms in total. The number of pyridine rings is 1. The second kappa shape index (κ2) is 15.0. The molecule has 2 saturated heterocycles. The molecular formula is C39H42N10O4. The van der Waals surface area contributed by atoms with Crippen LogP contribution in [0.1, 0.15) is 55.1 Å². The van der Waals surface area contributed by atoms with Crippen molar-refractivity contribution in [2.75, 3.05) is 43.4 Å². The first-order valence-electron chi connectivity index (χ1n) is 18.3. The molecule has 272 valence electrons. The third-order valence-corrected chi connectivity index (χ3v) is 10.6. The number of benzene rings is 2. The van der Waals surface area contributed by atoms with Gasteiger partial charge in [-0.2, -0.15) is 5.10 Å². The van der Waals surface area contributed by atoms with E-state index in [2.05, 4.69) is 40.1 Å². The number of carbonyl (C=O) groups is 3. The molecule has 1 unspecified atom stereocenters. The number of piperidine rings is 1. The first-order chi connectivity index (χ1) is 25.9. The molecule has 5 heterocycles. The van der Waals surface area contributed by atoms with E-state index in [1.807, 2.05) is 60.7 Å². The number of fused-ring (bicyclic) bond motifs is 1. The third kappa shape index (κ3) is 7.54. The van der Waals surface area contributed by atoms with E-state index < -0.39 is 17.9 Å². The van der Waals surface area contributed by atoms with Crippen molar-refractivity contribution in [1.29, 1.82) is 0 Å². The average molecular weight is 715 g/mol. The van der Waals surface area contributed by atoms with Crippen LogP contribution < -0.4 is 26.0 Å². The number of para-hydroxylation sites is 1. The van der Waals surface area contributed by atoms with Crippen LogP contribution in [0.25, 0.3) is 22.3 Å². The molecule has 0 spiro atoms. The van der Waals surface area contributed by atoms with Gasteiger partial charge in [-0.15, -0.1) is 0 Å². The number of nitrogens with zero attached hydrogens (tertiary/aromatic N) is 7. The van der Waals surface area contributed by atoms with Crippen molar-refractivity contribution in [2.24, 2.45) is 5.92 Å². The summed E-state index contributed by atoms with van der Waals surface area (Å²) in [5.74, 6) is 1.34. The fourth-order valence-electron chi connectivity index (χ4n) is 7.65. The summed E-state index contributed by atoms with van der Waals surface area (Å²) in [6, 6.07) is 20.7. The van der Waals surface area contributed by atoms with Crippen LogP contribution in [0.15, 0.2) is 79.3 Å². The highest BCUT2D eigenvalue weighted by Crippen LogP contribution is 2.38. The summed E-state index contributed by atoms with van der Waals surface area (Å²) in [6.07, 6.45) is 7.99. The zero-order valence-corrected chi connectivity index (χ0v) is 29.4. The monoisotopic (exact) mass is 714 g/mol. The average Bonchev–Trinajstić information content (AvgIpc) is 3.58. The Labute approximate surface area is 306 Å². The number of hydrogen-bond donors (Lipinski definition) is 3. The van der Waals surface area contributed by atoms with Gasteiger partial charge in [0.25, 0.3) is 5.91 Å². The Morgan fingerprint density at radius 3 is 2.34 bits per heavy atom.